The van der Waals surface area contributed by atoms with E-state index >= 15 is 0 Å². The Bertz CT molecular complexity index is 1970. The Hall–Kier alpha value is -4.48. The van der Waals surface area contributed by atoms with Gasteiger partial charge in [0.15, 0.2) is 11.9 Å². The van der Waals surface area contributed by atoms with E-state index in [1.165, 1.54) is 6.33 Å². The van der Waals surface area contributed by atoms with Gasteiger partial charge in [0.2, 0.25) is 5.88 Å². The minimum absolute atomic E-state index is 0.0908. The quantitative estimate of drug-likeness (QED) is 0.146. The number of nitrogens with one attached hydrogen (secondary N) is 1. The summed E-state index contributed by atoms with van der Waals surface area (Å²) in [4.78, 5) is 9.06. The van der Waals surface area contributed by atoms with Gasteiger partial charge in [-0.05, 0) is 68.7 Å². The van der Waals surface area contributed by atoms with Crippen molar-refractivity contribution in [2.75, 3.05) is 5.32 Å². The van der Waals surface area contributed by atoms with E-state index in [0.29, 0.717) is 39.8 Å². The van der Waals surface area contributed by atoms with E-state index in [1.807, 2.05) is 47.1 Å². The number of fused-ring (bicyclic) bond motifs is 2. The van der Waals surface area contributed by atoms with Gasteiger partial charge in [0.1, 0.15) is 18.3 Å². The average molecular weight is 670 g/mol. The van der Waals surface area contributed by atoms with E-state index in [2.05, 4.69) is 21.4 Å². The van der Waals surface area contributed by atoms with Crippen LogP contribution in [0.2, 0.25) is 0 Å². The molecule has 1 unspecified atom stereocenters. The van der Waals surface area contributed by atoms with Gasteiger partial charge in [-0.15, -0.1) is 0 Å². The normalized spacial score (nSPS) is 21.8. The lowest BCUT2D eigenvalue weighted by atomic mass is 9.85. The molecule has 0 saturated heterocycles. The summed E-state index contributed by atoms with van der Waals surface area (Å²) >= 11 is 5.54. The first-order valence-corrected chi connectivity index (χ1v) is 17.5. The first-order chi connectivity index (χ1) is 22.7. The summed E-state index contributed by atoms with van der Waals surface area (Å²) in [5, 5.41) is 19.4. The number of ether oxygens (including phenoxy) is 2. The van der Waals surface area contributed by atoms with Gasteiger partial charge < -0.3 is 14.8 Å². The van der Waals surface area contributed by atoms with Crippen molar-refractivity contribution in [1.82, 2.24) is 24.3 Å². The van der Waals surface area contributed by atoms with Gasteiger partial charge in [0.25, 0.3) is 5.17 Å². The Morgan fingerprint density at radius 2 is 1.94 bits per heavy atom. The topological polar surface area (TPSA) is 143 Å². The second-order valence-electron chi connectivity index (χ2n) is 12.4. The molecule has 3 aromatic heterocycles. The second-order valence-corrected chi connectivity index (χ2v) is 15.4. The van der Waals surface area contributed by atoms with Gasteiger partial charge in [0, 0.05) is 29.8 Å². The van der Waals surface area contributed by atoms with E-state index in [1.54, 1.807) is 49.1 Å². The van der Waals surface area contributed by atoms with Crippen LogP contribution in [-0.4, -0.2) is 43.3 Å². The number of pyridine rings is 1. The molecule has 13 heteroatoms. The fourth-order valence-corrected chi connectivity index (χ4v) is 8.55. The molecule has 5 aromatic rings. The third-order valence-electron chi connectivity index (χ3n) is 9.17. The first kappa shape index (κ1) is 31.1. The molecular formula is C34H35N7O4S2. The fourth-order valence-electron chi connectivity index (χ4n) is 6.56. The van der Waals surface area contributed by atoms with E-state index in [0.717, 1.165) is 36.8 Å². The van der Waals surface area contributed by atoms with Crippen LogP contribution in [0.25, 0.3) is 10.9 Å². The molecule has 7 rings (SSSR count). The summed E-state index contributed by atoms with van der Waals surface area (Å²) in [7, 11) is -3.25. The summed E-state index contributed by atoms with van der Waals surface area (Å²) in [5.41, 5.74) is 3.09. The van der Waals surface area contributed by atoms with Crippen molar-refractivity contribution >= 4 is 50.4 Å². The lowest BCUT2D eigenvalue weighted by Gasteiger charge is -2.43. The number of anilines is 2. The van der Waals surface area contributed by atoms with Gasteiger partial charge in [0.05, 0.1) is 33.2 Å². The fraction of sp³-hybridized carbons (Fsp3) is 0.324. The Morgan fingerprint density at radius 3 is 2.70 bits per heavy atom. The molecule has 2 aliphatic rings. The number of thiocarbonyl (C=S) groups is 1. The smallest absolute Gasteiger partial charge is 0.269 e. The van der Waals surface area contributed by atoms with E-state index in [-0.39, 0.29) is 17.1 Å². The van der Waals surface area contributed by atoms with Crippen LogP contribution in [0.3, 0.4) is 0 Å². The highest BCUT2D eigenvalue weighted by Gasteiger charge is 2.53. The van der Waals surface area contributed by atoms with Crippen LogP contribution in [0.15, 0.2) is 84.4 Å². The second kappa shape index (κ2) is 12.3. The van der Waals surface area contributed by atoms with Crippen molar-refractivity contribution in [2.45, 2.75) is 67.9 Å². The van der Waals surface area contributed by atoms with Gasteiger partial charge >= 0.3 is 0 Å². The molecule has 2 aromatic carbocycles. The molecule has 1 saturated carbocycles. The molecule has 47 heavy (non-hydrogen) atoms. The zero-order valence-corrected chi connectivity index (χ0v) is 27.6. The van der Waals surface area contributed by atoms with Crippen LogP contribution in [0.1, 0.15) is 62.8 Å². The lowest BCUT2D eigenvalue weighted by Crippen LogP contribution is -2.33. The lowest BCUT2D eigenvalue weighted by molar-refractivity contribution is 0.152. The third kappa shape index (κ3) is 5.51. The molecule has 1 aliphatic heterocycles. The molecule has 0 radical (unpaired) electrons. The predicted molar refractivity (Wildman–Crippen MR) is 184 cm³/mol. The highest BCUT2D eigenvalue weighted by molar-refractivity contribution is 8.25. The average Bonchev–Trinajstić information content (AvgIpc) is 3.78. The van der Waals surface area contributed by atoms with Crippen LogP contribution in [0.4, 0.5) is 11.5 Å². The molecule has 11 nitrogen and oxygen atoms in total. The minimum Gasteiger partial charge on any atom is -0.472 e. The molecule has 3 atom stereocenters. The molecular weight excluding hydrogens is 635 g/mol. The van der Waals surface area contributed by atoms with Gasteiger partial charge in [-0.25, -0.2) is 9.97 Å². The molecule has 4 heterocycles. The Kier molecular flexibility index (Phi) is 8.13. The maximum atomic E-state index is 11.4. The number of nitrogens with zero attached hydrogens (tertiary/aromatic N) is 6. The van der Waals surface area contributed by atoms with Crippen molar-refractivity contribution in [1.29, 1.82) is 5.26 Å². The molecule has 1 fully saturated rings. The molecule has 0 bridgehead atoms. The SMILES string of the molecule is CC1(C)C(OC(=S)n2ccnc2)c2cc(Nc3nn([C@H]4CCCC[C@@H]4C#N)c4ccnc(OCc5ccccc5)c34)ccc2S1(O)O. The van der Waals surface area contributed by atoms with E-state index in [4.69, 9.17) is 26.8 Å². The number of hydrogen-bond acceptors (Lipinski definition) is 10. The summed E-state index contributed by atoms with van der Waals surface area (Å²) in [6, 6.07) is 19.6. The van der Waals surface area contributed by atoms with Crippen LogP contribution in [0.5, 0.6) is 5.88 Å². The van der Waals surface area contributed by atoms with Gasteiger partial charge in [-0.2, -0.15) is 21.0 Å². The summed E-state index contributed by atoms with van der Waals surface area (Å²) in [6.45, 7) is 3.86. The summed E-state index contributed by atoms with van der Waals surface area (Å²) in [6.07, 6.45) is 9.48. The van der Waals surface area contributed by atoms with Crippen molar-refractivity contribution in [2.24, 2.45) is 5.92 Å². The molecule has 0 spiro atoms. The first-order valence-electron chi connectivity index (χ1n) is 15.5. The minimum atomic E-state index is -3.25. The van der Waals surface area contributed by atoms with Gasteiger partial charge in [-0.3, -0.25) is 18.4 Å². The number of rotatable bonds is 7. The van der Waals surface area contributed by atoms with Gasteiger partial charge in [-0.1, -0.05) is 43.2 Å². The highest BCUT2D eigenvalue weighted by atomic mass is 32.3. The number of imidazole rings is 1. The van der Waals surface area contributed by atoms with E-state index < -0.39 is 21.4 Å². The maximum absolute atomic E-state index is 11.4. The van der Waals surface area contributed by atoms with Crippen LogP contribution < -0.4 is 10.1 Å². The predicted octanol–water partition coefficient (Wildman–Crippen LogP) is 8.00. The monoisotopic (exact) mass is 669 g/mol. The zero-order chi connectivity index (χ0) is 32.8. The Balaban J connectivity index is 1.29. The number of benzene rings is 2. The third-order valence-corrected chi connectivity index (χ3v) is 12.1. The van der Waals surface area contributed by atoms with Crippen LogP contribution in [0, 0.1) is 17.2 Å². The van der Waals surface area contributed by atoms with Crippen LogP contribution >= 0.6 is 22.8 Å². The van der Waals surface area contributed by atoms with Crippen molar-refractivity contribution < 1.29 is 18.6 Å². The molecule has 242 valence electrons. The molecule has 1 aliphatic carbocycles. The number of nitriles is 1. The molecule has 3 N–H and O–H groups in total. The summed E-state index contributed by atoms with van der Waals surface area (Å²) in [5.74, 6) is 0.785. The zero-order valence-electron chi connectivity index (χ0n) is 26.0. The highest BCUT2D eigenvalue weighted by Crippen LogP contribution is 2.71. The number of hydrogen-bond donors (Lipinski definition) is 3. The van der Waals surface area contributed by atoms with Crippen molar-refractivity contribution in [3.63, 3.8) is 0 Å². The molecule has 0 amide bonds. The number of aromatic nitrogens is 5. The standard InChI is InChI=1S/C34H35N7O4S2/c1-34(2)30(45-33(46)40-17-16-36-21-40)25-18-24(12-13-28(25)47(34,42)43)38-31-29-27(41(39-31)26-11-7-6-10-23(26)19-35)14-15-37-32(29)44-20-22-8-4-3-5-9-22/h3-5,8-9,12-18,21,23,26,30,42-43H,6-7,10-11,20H2,1-2H3,(H,38,39)/t23-,26+,30?/m1/s1. The maximum Gasteiger partial charge on any atom is 0.269 e. The van der Waals surface area contributed by atoms with Crippen LogP contribution in [-0.2, 0) is 11.3 Å². The van der Waals surface area contributed by atoms with E-state index in [9.17, 15) is 14.4 Å². The largest absolute Gasteiger partial charge is 0.472 e. The Morgan fingerprint density at radius 1 is 1.13 bits per heavy atom. The van der Waals surface area contributed by atoms with Crippen molar-refractivity contribution in [3.8, 4) is 11.9 Å². The Labute approximate surface area is 279 Å². The summed E-state index contributed by atoms with van der Waals surface area (Å²) < 4.78 is 37.8. The van der Waals surface area contributed by atoms with Crippen molar-refractivity contribution in [3.05, 3.63) is 90.6 Å².